The Morgan fingerprint density at radius 3 is 2.19 bits per heavy atom. The Hall–Kier alpha value is -1.60. The SMILES string of the molecule is CCCNC(c1cc(C)ccc1C)c1c(C)cccc1C. The third-order valence-electron chi connectivity index (χ3n) is 4.18. The summed E-state index contributed by atoms with van der Waals surface area (Å²) in [7, 11) is 0. The third kappa shape index (κ3) is 3.54. The first-order valence-electron chi connectivity index (χ1n) is 7.91. The minimum absolute atomic E-state index is 0.283. The molecule has 1 unspecified atom stereocenters. The number of hydrogen-bond acceptors (Lipinski definition) is 1. The highest BCUT2D eigenvalue weighted by molar-refractivity contribution is 5.45. The lowest BCUT2D eigenvalue weighted by Crippen LogP contribution is -2.25. The highest BCUT2D eigenvalue weighted by Gasteiger charge is 2.19. The number of rotatable bonds is 5. The lowest BCUT2D eigenvalue weighted by atomic mass is 9.88. The van der Waals surface area contributed by atoms with Gasteiger partial charge in [0.05, 0.1) is 6.04 Å². The van der Waals surface area contributed by atoms with E-state index in [0.29, 0.717) is 0 Å². The summed E-state index contributed by atoms with van der Waals surface area (Å²) in [6, 6.07) is 13.6. The number of nitrogens with one attached hydrogen (secondary N) is 1. The van der Waals surface area contributed by atoms with Gasteiger partial charge in [-0.3, -0.25) is 0 Å². The Morgan fingerprint density at radius 1 is 0.905 bits per heavy atom. The predicted molar refractivity (Wildman–Crippen MR) is 92.0 cm³/mol. The molecule has 1 heteroatoms. The van der Waals surface area contributed by atoms with Crippen LogP contribution in [0.1, 0.15) is 52.8 Å². The van der Waals surface area contributed by atoms with Gasteiger partial charge in [0.1, 0.15) is 0 Å². The highest BCUT2D eigenvalue weighted by Crippen LogP contribution is 2.30. The zero-order chi connectivity index (χ0) is 15.4. The van der Waals surface area contributed by atoms with E-state index < -0.39 is 0 Å². The second kappa shape index (κ2) is 6.91. The molecule has 0 heterocycles. The Kier molecular flexibility index (Phi) is 5.19. The van der Waals surface area contributed by atoms with E-state index in [9.17, 15) is 0 Å². The quantitative estimate of drug-likeness (QED) is 0.812. The van der Waals surface area contributed by atoms with Crippen molar-refractivity contribution in [3.63, 3.8) is 0 Å². The molecule has 0 saturated carbocycles. The fourth-order valence-electron chi connectivity index (χ4n) is 3.01. The van der Waals surface area contributed by atoms with Gasteiger partial charge in [-0.15, -0.1) is 0 Å². The van der Waals surface area contributed by atoms with Gasteiger partial charge in [-0.1, -0.05) is 48.9 Å². The fourth-order valence-corrected chi connectivity index (χ4v) is 3.01. The van der Waals surface area contributed by atoms with E-state index in [2.05, 4.69) is 76.3 Å². The summed E-state index contributed by atoms with van der Waals surface area (Å²) in [5.41, 5.74) is 8.25. The Morgan fingerprint density at radius 2 is 1.57 bits per heavy atom. The van der Waals surface area contributed by atoms with Gasteiger partial charge in [-0.25, -0.2) is 0 Å². The van der Waals surface area contributed by atoms with Crippen molar-refractivity contribution >= 4 is 0 Å². The van der Waals surface area contributed by atoms with Crippen LogP contribution in [-0.4, -0.2) is 6.54 Å². The van der Waals surface area contributed by atoms with Crippen molar-refractivity contribution in [2.45, 2.75) is 47.1 Å². The number of hydrogen-bond donors (Lipinski definition) is 1. The van der Waals surface area contributed by atoms with E-state index in [1.54, 1.807) is 0 Å². The molecule has 0 spiro atoms. The number of benzene rings is 2. The van der Waals surface area contributed by atoms with Gasteiger partial charge in [0.25, 0.3) is 0 Å². The summed E-state index contributed by atoms with van der Waals surface area (Å²) in [5, 5.41) is 3.75. The molecular formula is C20H27N. The van der Waals surface area contributed by atoms with Crippen molar-refractivity contribution in [2.24, 2.45) is 0 Å². The molecule has 2 aromatic rings. The van der Waals surface area contributed by atoms with Crippen LogP contribution in [0.2, 0.25) is 0 Å². The molecule has 0 aliphatic carbocycles. The first-order valence-corrected chi connectivity index (χ1v) is 7.91. The molecule has 1 nitrogen and oxygen atoms in total. The molecule has 0 aliphatic rings. The Bertz CT molecular complexity index is 593. The van der Waals surface area contributed by atoms with Crippen molar-refractivity contribution in [1.29, 1.82) is 0 Å². The van der Waals surface area contributed by atoms with E-state index in [0.717, 1.165) is 13.0 Å². The van der Waals surface area contributed by atoms with Crippen LogP contribution in [0, 0.1) is 27.7 Å². The molecule has 2 rings (SSSR count). The molecule has 0 amide bonds. The largest absolute Gasteiger partial charge is 0.306 e. The van der Waals surface area contributed by atoms with Gasteiger partial charge < -0.3 is 5.32 Å². The van der Waals surface area contributed by atoms with Crippen LogP contribution >= 0.6 is 0 Å². The minimum atomic E-state index is 0.283. The summed E-state index contributed by atoms with van der Waals surface area (Å²) >= 11 is 0. The van der Waals surface area contributed by atoms with Crippen LogP contribution in [0.25, 0.3) is 0 Å². The van der Waals surface area contributed by atoms with E-state index >= 15 is 0 Å². The molecule has 1 atom stereocenters. The minimum Gasteiger partial charge on any atom is -0.306 e. The second-order valence-corrected chi connectivity index (χ2v) is 6.05. The van der Waals surface area contributed by atoms with Crippen molar-refractivity contribution in [3.8, 4) is 0 Å². The van der Waals surface area contributed by atoms with Crippen LogP contribution in [0.4, 0.5) is 0 Å². The maximum absolute atomic E-state index is 3.75. The van der Waals surface area contributed by atoms with E-state index in [4.69, 9.17) is 0 Å². The Labute approximate surface area is 129 Å². The molecule has 0 aromatic heterocycles. The maximum Gasteiger partial charge on any atom is 0.0584 e. The number of aryl methyl sites for hydroxylation is 4. The zero-order valence-corrected chi connectivity index (χ0v) is 14.0. The molecule has 1 N–H and O–H groups in total. The first-order chi connectivity index (χ1) is 10.0. The average Bonchev–Trinajstić information content (AvgIpc) is 2.45. The van der Waals surface area contributed by atoms with Gasteiger partial charge in [0, 0.05) is 0 Å². The van der Waals surface area contributed by atoms with Gasteiger partial charge in [0.15, 0.2) is 0 Å². The maximum atomic E-state index is 3.75. The molecule has 0 saturated heterocycles. The lowest BCUT2D eigenvalue weighted by Gasteiger charge is -2.25. The second-order valence-electron chi connectivity index (χ2n) is 6.05. The standard InChI is InChI=1S/C20H27N/c1-6-12-21-20(18-13-14(2)10-11-15(18)3)19-16(4)8-7-9-17(19)5/h7-11,13,20-21H,6,12H2,1-5H3. The normalized spacial score (nSPS) is 12.4. The topological polar surface area (TPSA) is 12.0 Å². The van der Waals surface area contributed by atoms with E-state index in [-0.39, 0.29) is 6.04 Å². The summed E-state index contributed by atoms with van der Waals surface area (Å²) in [4.78, 5) is 0. The van der Waals surface area contributed by atoms with Gasteiger partial charge in [-0.05, 0) is 68.5 Å². The zero-order valence-electron chi connectivity index (χ0n) is 14.0. The predicted octanol–water partition coefficient (Wildman–Crippen LogP) is 5.01. The summed E-state index contributed by atoms with van der Waals surface area (Å²) in [5.74, 6) is 0. The van der Waals surface area contributed by atoms with Crippen molar-refractivity contribution in [1.82, 2.24) is 5.32 Å². The monoisotopic (exact) mass is 281 g/mol. The van der Waals surface area contributed by atoms with Gasteiger partial charge >= 0.3 is 0 Å². The molecule has 0 fully saturated rings. The molecule has 2 aromatic carbocycles. The summed E-state index contributed by atoms with van der Waals surface area (Å²) in [6.07, 6.45) is 1.15. The van der Waals surface area contributed by atoms with Crippen LogP contribution < -0.4 is 5.32 Å². The lowest BCUT2D eigenvalue weighted by molar-refractivity contribution is 0.591. The molecule has 0 aliphatic heterocycles. The van der Waals surface area contributed by atoms with Gasteiger partial charge in [-0.2, -0.15) is 0 Å². The molecule has 0 radical (unpaired) electrons. The fraction of sp³-hybridized carbons (Fsp3) is 0.400. The highest BCUT2D eigenvalue weighted by atomic mass is 14.9. The molecular weight excluding hydrogens is 254 g/mol. The van der Waals surface area contributed by atoms with E-state index in [1.807, 2.05) is 0 Å². The molecule has 112 valence electrons. The average molecular weight is 281 g/mol. The summed E-state index contributed by atoms with van der Waals surface area (Å²) < 4.78 is 0. The Balaban J connectivity index is 2.55. The van der Waals surface area contributed by atoms with Crippen LogP contribution in [0.15, 0.2) is 36.4 Å². The summed E-state index contributed by atoms with van der Waals surface area (Å²) in [6.45, 7) is 12.1. The van der Waals surface area contributed by atoms with Crippen LogP contribution in [-0.2, 0) is 0 Å². The van der Waals surface area contributed by atoms with Gasteiger partial charge in [0.2, 0.25) is 0 Å². The van der Waals surface area contributed by atoms with Crippen molar-refractivity contribution in [2.75, 3.05) is 6.54 Å². The van der Waals surface area contributed by atoms with Crippen LogP contribution in [0.3, 0.4) is 0 Å². The third-order valence-corrected chi connectivity index (χ3v) is 4.18. The molecule has 0 bridgehead atoms. The van der Waals surface area contributed by atoms with E-state index in [1.165, 1.54) is 33.4 Å². The van der Waals surface area contributed by atoms with Crippen molar-refractivity contribution in [3.05, 3.63) is 69.8 Å². The first kappa shape index (κ1) is 15.8. The molecule has 21 heavy (non-hydrogen) atoms. The van der Waals surface area contributed by atoms with Crippen molar-refractivity contribution < 1.29 is 0 Å². The van der Waals surface area contributed by atoms with Crippen LogP contribution in [0.5, 0.6) is 0 Å². The smallest absolute Gasteiger partial charge is 0.0584 e.